The van der Waals surface area contributed by atoms with E-state index in [1.54, 1.807) is 25.1 Å². The summed E-state index contributed by atoms with van der Waals surface area (Å²) in [5.74, 6) is 0.622. The molecule has 0 aliphatic rings. The maximum Gasteiger partial charge on any atom is 0.270 e. The number of nitrogens with zero attached hydrogens (tertiary/aromatic N) is 2. The summed E-state index contributed by atoms with van der Waals surface area (Å²) >= 11 is 0. The Morgan fingerprint density at radius 1 is 1.35 bits per heavy atom. The minimum atomic E-state index is -0.545. The zero-order chi connectivity index (χ0) is 14.9. The van der Waals surface area contributed by atoms with Gasteiger partial charge in [-0.2, -0.15) is 0 Å². The molecule has 0 amide bonds. The van der Waals surface area contributed by atoms with E-state index in [0.29, 0.717) is 16.7 Å². The smallest absolute Gasteiger partial charge is 0.270 e. The van der Waals surface area contributed by atoms with Crippen molar-refractivity contribution in [2.45, 2.75) is 32.4 Å². The molecule has 0 fully saturated rings. The Labute approximate surface area is 116 Å². The predicted molar refractivity (Wildman–Crippen MR) is 77.8 cm³/mol. The van der Waals surface area contributed by atoms with Crippen LogP contribution in [0.5, 0.6) is 0 Å². The second-order valence-corrected chi connectivity index (χ2v) is 5.35. The first-order valence-corrected chi connectivity index (χ1v) is 6.31. The minimum Gasteiger partial charge on any atom is -0.391 e. The number of rotatable bonds is 4. The van der Waals surface area contributed by atoms with Crippen LogP contribution < -0.4 is 5.32 Å². The molecule has 1 atom stereocenters. The van der Waals surface area contributed by atoms with Crippen LogP contribution in [-0.4, -0.2) is 26.7 Å². The number of nitro groups is 1. The number of anilines is 1. The highest BCUT2D eigenvalue weighted by atomic mass is 16.6. The fraction of sp³-hybridized carbons (Fsp3) is 0.357. The zero-order valence-corrected chi connectivity index (χ0v) is 11.6. The molecule has 0 aliphatic carbocycles. The Balaban J connectivity index is 2.35. The van der Waals surface area contributed by atoms with Gasteiger partial charge in [-0.3, -0.25) is 10.1 Å². The number of nitrogens with one attached hydrogen (secondary N) is 1. The molecule has 2 N–H and O–H groups in total. The Bertz CT molecular complexity index is 653. The van der Waals surface area contributed by atoms with Gasteiger partial charge in [0, 0.05) is 17.5 Å². The molecule has 106 valence electrons. The second-order valence-electron chi connectivity index (χ2n) is 5.35. The van der Waals surface area contributed by atoms with Gasteiger partial charge in [0.15, 0.2) is 0 Å². The molecule has 1 aromatic heterocycles. The van der Waals surface area contributed by atoms with Gasteiger partial charge in [0.25, 0.3) is 5.69 Å². The van der Waals surface area contributed by atoms with Crippen molar-refractivity contribution in [3.63, 3.8) is 0 Å². The minimum absolute atomic E-state index is 0.0457. The van der Waals surface area contributed by atoms with Crippen LogP contribution in [0.3, 0.4) is 0 Å². The largest absolute Gasteiger partial charge is 0.391 e. The Hall–Kier alpha value is -2.21. The average Bonchev–Trinajstić information content (AvgIpc) is 2.37. The first-order valence-electron chi connectivity index (χ1n) is 6.31. The van der Waals surface area contributed by atoms with E-state index < -0.39 is 16.6 Å². The molecule has 2 rings (SSSR count). The molecular weight excluding hydrogens is 258 g/mol. The summed E-state index contributed by atoms with van der Waals surface area (Å²) in [6.45, 7) is 5.45. The highest BCUT2D eigenvalue weighted by Crippen LogP contribution is 2.23. The fourth-order valence-electron chi connectivity index (χ4n) is 1.73. The van der Waals surface area contributed by atoms with Crippen molar-refractivity contribution in [3.8, 4) is 0 Å². The van der Waals surface area contributed by atoms with Crippen LogP contribution in [-0.2, 0) is 0 Å². The number of nitro benzene ring substituents is 1. The van der Waals surface area contributed by atoms with Crippen molar-refractivity contribution in [1.29, 1.82) is 0 Å². The molecule has 6 nitrogen and oxygen atoms in total. The molecule has 20 heavy (non-hydrogen) atoms. The normalized spacial score (nSPS) is 13.2. The van der Waals surface area contributed by atoms with E-state index in [4.69, 9.17) is 0 Å². The zero-order valence-electron chi connectivity index (χ0n) is 11.6. The molecule has 1 unspecified atom stereocenters. The van der Waals surface area contributed by atoms with Gasteiger partial charge in [0.1, 0.15) is 5.82 Å². The highest BCUT2D eigenvalue weighted by molar-refractivity contribution is 5.82. The lowest BCUT2D eigenvalue weighted by atomic mass is 9.99. The number of non-ortho nitro benzene ring substituents is 1. The van der Waals surface area contributed by atoms with Gasteiger partial charge in [-0.15, -0.1) is 0 Å². The van der Waals surface area contributed by atoms with Crippen LogP contribution >= 0.6 is 0 Å². The summed E-state index contributed by atoms with van der Waals surface area (Å²) < 4.78 is 0. The summed E-state index contributed by atoms with van der Waals surface area (Å²) in [7, 11) is 0. The van der Waals surface area contributed by atoms with E-state index in [-0.39, 0.29) is 5.69 Å². The number of aliphatic hydroxyl groups is 1. The van der Waals surface area contributed by atoms with Crippen LogP contribution in [0.15, 0.2) is 30.3 Å². The molecule has 6 heteroatoms. The molecule has 1 heterocycles. The first-order chi connectivity index (χ1) is 9.29. The maximum atomic E-state index is 10.7. The third kappa shape index (κ3) is 2.85. The van der Waals surface area contributed by atoms with E-state index in [9.17, 15) is 15.2 Å². The lowest BCUT2D eigenvalue weighted by molar-refractivity contribution is -0.384. The van der Waals surface area contributed by atoms with Crippen LogP contribution in [0.1, 0.15) is 20.8 Å². The number of benzene rings is 1. The van der Waals surface area contributed by atoms with Crippen LogP contribution in [0.4, 0.5) is 11.5 Å². The number of hydrogen-bond acceptors (Lipinski definition) is 5. The summed E-state index contributed by atoms with van der Waals surface area (Å²) in [6.07, 6.45) is -0.545. The van der Waals surface area contributed by atoms with E-state index in [0.717, 1.165) is 0 Å². The third-order valence-corrected chi connectivity index (χ3v) is 3.38. The first kappa shape index (κ1) is 14.2. The van der Waals surface area contributed by atoms with E-state index in [1.165, 1.54) is 12.1 Å². The molecule has 0 saturated carbocycles. The SMILES string of the molecule is CC(O)C(C)(C)Nc1ccc2cc([N+](=O)[O-])ccc2n1. The van der Waals surface area contributed by atoms with Gasteiger partial charge >= 0.3 is 0 Å². The summed E-state index contributed by atoms with van der Waals surface area (Å²) in [5, 5.41) is 24.3. The van der Waals surface area contributed by atoms with Crippen molar-refractivity contribution in [2.24, 2.45) is 0 Å². The predicted octanol–water partition coefficient (Wildman–Crippen LogP) is 2.71. The number of aromatic nitrogens is 1. The van der Waals surface area contributed by atoms with Crippen molar-refractivity contribution >= 4 is 22.4 Å². The molecule has 2 aromatic rings. The monoisotopic (exact) mass is 275 g/mol. The van der Waals surface area contributed by atoms with E-state index in [2.05, 4.69) is 10.3 Å². The van der Waals surface area contributed by atoms with Crippen molar-refractivity contribution < 1.29 is 10.0 Å². The molecule has 0 radical (unpaired) electrons. The lowest BCUT2D eigenvalue weighted by Gasteiger charge is -2.30. The Kier molecular flexibility index (Phi) is 3.59. The fourth-order valence-corrected chi connectivity index (χ4v) is 1.73. The number of fused-ring (bicyclic) bond motifs is 1. The molecule has 0 aliphatic heterocycles. The number of aliphatic hydroxyl groups excluding tert-OH is 1. The Morgan fingerprint density at radius 2 is 2.05 bits per heavy atom. The van der Waals surface area contributed by atoms with Gasteiger partial charge in [-0.1, -0.05) is 0 Å². The van der Waals surface area contributed by atoms with Gasteiger partial charge in [0.05, 0.1) is 22.1 Å². The van der Waals surface area contributed by atoms with E-state index >= 15 is 0 Å². The molecule has 0 bridgehead atoms. The van der Waals surface area contributed by atoms with Crippen molar-refractivity contribution in [1.82, 2.24) is 4.98 Å². The Morgan fingerprint density at radius 3 is 2.65 bits per heavy atom. The molecule has 0 saturated heterocycles. The number of pyridine rings is 1. The average molecular weight is 275 g/mol. The van der Waals surface area contributed by atoms with Crippen LogP contribution in [0.2, 0.25) is 0 Å². The third-order valence-electron chi connectivity index (χ3n) is 3.38. The highest BCUT2D eigenvalue weighted by Gasteiger charge is 2.24. The van der Waals surface area contributed by atoms with Gasteiger partial charge in [-0.25, -0.2) is 4.98 Å². The van der Waals surface area contributed by atoms with Gasteiger partial charge in [0.2, 0.25) is 0 Å². The van der Waals surface area contributed by atoms with Crippen LogP contribution in [0, 0.1) is 10.1 Å². The molecular formula is C14H17N3O3. The number of hydrogen-bond donors (Lipinski definition) is 2. The molecule has 1 aromatic carbocycles. The van der Waals surface area contributed by atoms with Gasteiger partial charge in [-0.05, 0) is 39.0 Å². The quantitative estimate of drug-likeness (QED) is 0.661. The van der Waals surface area contributed by atoms with Crippen molar-refractivity contribution in [3.05, 3.63) is 40.4 Å². The van der Waals surface area contributed by atoms with Crippen molar-refractivity contribution in [2.75, 3.05) is 5.32 Å². The lowest BCUT2D eigenvalue weighted by Crippen LogP contribution is -2.42. The summed E-state index contributed by atoms with van der Waals surface area (Å²) in [4.78, 5) is 14.7. The second kappa shape index (κ2) is 5.05. The van der Waals surface area contributed by atoms with E-state index in [1.807, 2.05) is 13.8 Å². The van der Waals surface area contributed by atoms with Gasteiger partial charge < -0.3 is 10.4 Å². The maximum absolute atomic E-state index is 10.7. The molecule has 0 spiro atoms. The summed E-state index contributed by atoms with van der Waals surface area (Å²) in [6, 6.07) is 8.06. The topological polar surface area (TPSA) is 88.3 Å². The summed E-state index contributed by atoms with van der Waals surface area (Å²) in [5.41, 5.74) is 0.202. The van der Waals surface area contributed by atoms with Crippen LogP contribution in [0.25, 0.3) is 10.9 Å². The standard InChI is InChI=1S/C14H17N3O3/c1-9(18)14(2,3)16-13-7-4-10-8-11(17(19)20)5-6-12(10)15-13/h4-9,18H,1-3H3,(H,15,16).